The van der Waals surface area contributed by atoms with Crippen LogP contribution in [0.25, 0.3) is 11.1 Å². The average molecular weight is 347 g/mol. The van der Waals surface area contributed by atoms with Crippen LogP contribution in [0, 0.1) is 0 Å². The third-order valence-electron chi connectivity index (χ3n) is 3.35. The number of amides is 1. The van der Waals surface area contributed by atoms with Crippen molar-refractivity contribution in [2.45, 2.75) is 18.2 Å². The van der Waals surface area contributed by atoms with Gasteiger partial charge >= 0.3 is 0 Å². The molecular formula is C17H15ClN2O2S. The predicted molar refractivity (Wildman–Crippen MR) is 92.7 cm³/mol. The average Bonchev–Trinajstić information content (AvgIpc) is 2.96. The quantitative estimate of drug-likeness (QED) is 0.693. The number of hydrogen-bond acceptors (Lipinski definition) is 4. The molecule has 0 fully saturated rings. The van der Waals surface area contributed by atoms with Crippen LogP contribution in [0.1, 0.15) is 18.5 Å². The lowest BCUT2D eigenvalue weighted by Crippen LogP contribution is -2.28. The van der Waals surface area contributed by atoms with E-state index < -0.39 is 0 Å². The predicted octanol–water partition coefficient (Wildman–Crippen LogP) is 4.45. The van der Waals surface area contributed by atoms with E-state index >= 15 is 0 Å². The van der Waals surface area contributed by atoms with Crippen molar-refractivity contribution in [2.24, 2.45) is 0 Å². The van der Waals surface area contributed by atoms with Crippen LogP contribution in [0.4, 0.5) is 0 Å². The molecule has 118 valence electrons. The lowest BCUT2D eigenvalue weighted by molar-refractivity contribution is -0.119. The number of nitrogens with one attached hydrogen (secondary N) is 1. The highest BCUT2D eigenvalue weighted by Crippen LogP contribution is 2.24. The van der Waals surface area contributed by atoms with Crippen molar-refractivity contribution in [2.75, 3.05) is 5.75 Å². The maximum absolute atomic E-state index is 12.1. The molecule has 1 amide bonds. The lowest BCUT2D eigenvalue weighted by Gasteiger charge is -2.15. The van der Waals surface area contributed by atoms with Gasteiger partial charge in [0.1, 0.15) is 5.52 Å². The number of thioether (sulfide) groups is 1. The zero-order valence-electron chi connectivity index (χ0n) is 12.5. The van der Waals surface area contributed by atoms with Crippen molar-refractivity contribution in [3.8, 4) is 0 Å². The highest BCUT2D eigenvalue weighted by Gasteiger charge is 2.14. The van der Waals surface area contributed by atoms with Crippen molar-refractivity contribution >= 4 is 40.4 Å². The molecule has 0 saturated carbocycles. The SMILES string of the molecule is CC(NC(=O)CSc1nc2ccccc2o1)c1ccccc1Cl. The fraction of sp³-hybridized carbons (Fsp3) is 0.176. The fourth-order valence-corrected chi connectivity index (χ4v) is 3.18. The Balaban J connectivity index is 1.58. The number of carbonyl (C=O) groups is 1. The van der Waals surface area contributed by atoms with Gasteiger partial charge in [-0.25, -0.2) is 4.98 Å². The van der Waals surface area contributed by atoms with Gasteiger partial charge in [0.05, 0.1) is 11.8 Å². The zero-order chi connectivity index (χ0) is 16.2. The monoisotopic (exact) mass is 346 g/mol. The molecule has 23 heavy (non-hydrogen) atoms. The minimum Gasteiger partial charge on any atom is -0.431 e. The van der Waals surface area contributed by atoms with Gasteiger partial charge in [-0.3, -0.25) is 4.79 Å². The molecule has 0 radical (unpaired) electrons. The van der Waals surface area contributed by atoms with Gasteiger partial charge in [0.2, 0.25) is 5.91 Å². The van der Waals surface area contributed by atoms with E-state index in [1.54, 1.807) is 0 Å². The highest BCUT2D eigenvalue weighted by molar-refractivity contribution is 7.99. The van der Waals surface area contributed by atoms with Gasteiger partial charge in [0.15, 0.2) is 5.58 Å². The van der Waals surface area contributed by atoms with Crippen LogP contribution in [-0.4, -0.2) is 16.6 Å². The Hall–Kier alpha value is -1.98. The Morgan fingerprint density at radius 3 is 2.78 bits per heavy atom. The van der Waals surface area contributed by atoms with Gasteiger partial charge in [-0.15, -0.1) is 0 Å². The zero-order valence-corrected chi connectivity index (χ0v) is 14.0. The second-order valence-corrected chi connectivity index (χ2v) is 6.38. The fourth-order valence-electron chi connectivity index (χ4n) is 2.23. The Kier molecular flexibility index (Phi) is 4.88. The maximum atomic E-state index is 12.1. The van der Waals surface area contributed by atoms with Gasteiger partial charge in [-0.2, -0.15) is 0 Å². The van der Waals surface area contributed by atoms with E-state index in [1.807, 2.05) is 55.5 Å². The van der Waals surface area contributed by atoms with Gasteiger partial charge in [0.25, 0.3) is 5.22 Å². The largest absolute Gasteiger partial charge is 0.431 e. The molecule has 0 aliphatic carbocycles. The van der Waals surface area contributed by atoms with Crippen molar-refractivity contribution in [3.05, 3.63) is 59.1 Å². The second-order valence-electron chi connectivity index (χ2n) is 5.05. The number of nitrogens with zero attached hydrogens (tertiary/aromatic N) is 1. The number of halogens is 1. The lowest BCUT2D eigenvalue weighted by atomic mass is 10.1. The molecule has 0 saturated heterocycles. The number of para-hydroxylation sites is 2. The first-order valence-corrected chi connectivity index (χ1v) is 8.52. The molecule has 0 spiro atoms. The van der Waals surface area contributed by atoms with Crippen LogP contribution in [-0.2, 0) is 4.79 Å². The van der Waals surface area contributed by atoms with Crippen molar-refractivity contribution in [1.82, 2.24) is 10.3 Å². The van der Waals surface area contributed by atoms with Gasteiger partial charge < -0.3 is 9.73 Å². The van der Waals surface area contributed by atoms with E-state index in [-0.39, 0.29) is 17.7 Å². The van der Waals surface area contributed by atoms with E-state index in [9.17, 15) is 4.79 Å². The summed E-state index contributed by atoms with van der Waals surface area (Å²) >= 11 is 7.41. The maximum Gasteiger partial charge on any atom is 0.257 e. The molecule has 1 N–H and O–H groups in total. The summed E-state index contributed by atoms with van der Waals surface area (Å²) in [4.78, 5) is 16.4. The smallest absolute Gasteiger partial charge is 0.257 e. The normalized spacial score (nSPS) is 12.3. The molecule has 0 aliphatic heterocycles. The van der Waals surface area contributed by atoms with E-state index in [2.05, 4.69) is 10.3 Å². The summed E-state index contributed by atoms with van der Waals surface area (Å²) in [7, 11) is 0. The van der Waals surface area contributed by atoms with Gasteiger partial charge in [-0.1, -0.05) is 53.7 Å². The van der Waals surface area contributed by atoms with E-state index in [0.29, 0.717) is 10.2 Å². The third-order valence-corrected chi connectivity index (χ3v) is 4.52. The van der Waals surface area contributed by atoms with E-state index in [1.165, 1.54) is 11.8 Å². The molecule has 2 aromatic carbocycles. The number of hydrogen-bond donors (Lipinski definition) is 1. The first-order valence-electron chi connectivity index (χ1n) is 7.15. The van der Waals surface area contributed by atoms with E-state index in [4.69, 9.17) is 16.0 Å². The number of carbonyl (C=O) groups excluding carboxylic acids is 1. The highest BCUT2D eigenvalue weighted by atomic mass is 35.5. The summed E-state index contributed by atoms with van der Waals surface area (Å²) in [6.45, 7) is 1.91. The van der Waals surface area contributed by atoms with Crippen LogP contribution >= 0.6 is 23.4 Å². The van der Waals surface area contributed by atoms with Crippen molar-refractivity contribution < 1.29 is 9.21 Å². The minimum absolute atomic E-state index is 0.0929. The molecule has 3 rings (SSSR count). The van der Waals surface area contributed by atoms with Gasteiger partial charge in [-0.05, 0) is 30.7 Å². The van der Waals surface area contributed by atoms with Crippen LogP contribution < -0.4 is 5.32 Å². The summed E-state index contributed by atoms with van der Waals surface area (Å²) in [5.41, 5.74) is 2.41. The Morgan fingerprint density at radius 1 is 1.26 bits per heavy atom. The number of rotatable bonds is 5. The molecule has 1 heterocycles. The molecule has 0 bridgehead atoms. The van der Waals surface area contributed by atoms with Gasteiger partial charge in [0, 0.05) is 5.02 Å². The number of benzene rings is 2. The molecule has 4 nitrogen and oxygen atoms in total. The van der Waals surface area contributed by atoms with E-state index in [0.717, 1.165) is 16.7 Å². The summed E-state index contributed by atoms with van der Waals surface area (Å²) in [5, 5.41) is 4.06. The standard InChI is InChI=1S/C17H15ClN2O2S/c1-11(12-6-2-3-7-13(12)18)19-16(21)10-23-17-20-14-8-4-5-9-15(14)22-17/h2-9,11H,10H2,1H3,(H,19,21). The Bertz CT molecular complexity index is 801. The molecule has 1 aromatic heterocycles. The molecule has 0 aliphatic rings. The second kappa shape index (κ2) is 7.06. The minimum atomic E-state index is -0.152. The first kappa shape index (κ1) is 15.9. The summed E-state index contributed by atoms with van der Waals surface area (Å²) in [6.07, 6.45) is 0. The number of oxazole rings is 1. The molecule has 3 aromatic rings. The Morgan fingerprint density at radius 2 is 2.00 bits per heavy atom. The summed E-state index contributed by atoms with van der Waals surface area (Å²) < 4.78 is 5.58. The van der Waals surface area contributed by atoms with Crippen LogP contribution in [0.5, 0.6) is 0 Å². The summed E-state index contributed by atoms with van der Waals surface area (Å²) in [5.74, 6) is 0.145. The number of fused-ring (bicyclic) bond motifs is 1. The first-order chi connectivity index (χ1) is 11.1. The van der Waals surface area contributed by atoms with Crippen LogP contribution in [0.3, 0.4) is 0 Å². The molecule has 1 atom stereocenters. The molecule has 1 unspecified atom stereocenters. The molecule has 6 heteroatoms. The van der Waals surface area contributed by atoms with Crippen LogP contribution in [0.2, 0.25) is 5.02 Å². The Labute approximate surface area is 143 Å². The molecular weight excluding hydrogens is 332 g/mol. The summed E-state index contributed by atoms with van der Waals surface area (Å²) in [6, 6.07) is 14.8. The topological polar surface area (TPSA) is 55.1 Å². The van der Waals surface area contributed by atoms with Crippen LogP contribution in [0.15, 0.2) is 58.2 Å². The van der Waals surface area contributed by atoms with Crippen molar-refractivity contribution in [3.63, 3.8) is 0 Å². The number of aromatic nitrogens is 1. The third kappa shape index (κ3) is 3.86. The van der Waals surface area contributed by atoms with Crippen molar-refractivity contribution in [1.29, 1.82) is 0 Å².